The van der Waals surface area contributed by atoms with Crippen LogP contribution >= 0.6 is 0 Å². The summed E-state index contributed by atoms with van der Waals surface area (Å²) in [6, 6.07) is 0. The summed E-state index contributed by atoms with van der Waals surface area (Å²) in [6.45, 7) is 0. The number of nitrogens with zero attached hydrogens (tertiary/aromatic N) is 4. The lowest BCUT2D eigenvalue weighted by atomic mass is 9.98. The second-order valence-corrected chi connectivity index (χ2v) is 3.99. The normalized spacial score (nSPS) is 14.8. The molecular weight excluding hydrogens is 202 g/mol. The molecule has 0 fully saturated rings. The van der Waals surface area contributed by atoms with E-state index in [1.165, 1.54) is 18.4 Å². The summed E-state index contributed by atoms with van der Waals surface area (Å²) in [5.74, 6) is 1.41. The number of aryl methyl sites for hydroxylation is 1. The van der Waals surface area contributed by atoms with Gasteiger partial charge in [0.15, 0.2) is 5.82 Å². The van der Waals surface area contributed by atoms with Gasteiger partial charge in [-0.2, -0.15) is 9.78 Å². The Hall–Kier alpha value is -1.91. The van der Waals surface area contributed by atoms with Crippen LogP contribution in [0.25, 0.3) is 5.82 Å². The summed E-state index contributed by atoms with van der Waals surface area (Å²) >= 11 is 0. The number of aromatic nitrogens is 4. The van der Waals surface area contributed by atoms with Crippen molar-refractivity contribution in [2.75, 3.05) is 5.73 Å². The van der Waals surface area contributed by atoms with Gasteiger partial charge in [-0.15, -0.1) is 0 Å². The minimum Gasteiger partial charge on any atom is -0.383 e. The average molecular weight is 215 g/mol. The number of fused-ring (bicyclic) bond motifs is 1. The second kappa shape index (κ2) is 3.59. The largest absolute Gasteiger partial charge is 0.383 e. The van der Waals surface area contributed by atoms with Crippen molar-refractivity contribution in [1.82, 2.24) is 19.7 Å². The van der Waals surface area contributed by atoms with E-state index in [2.05, 4.69) is 15.1 Å². The van der Waals surface area contributed by atoms with E-state index in [-0.39, 0.29) is 0 Å². The maximum absolute atomic E-state index is 6.09. The lowest BCUT2D eigenvalue weighted by molar-refractivity contribution is 0.670. The number of rotatable bonds is 1. The van der Waals surface area contributed by atoms with Gasteiger partial charge in [-0.1, -0.05) is 0 Å². The minimum absolute atomic E-state index is 0.689. The molecule has 16 heavy (non-hydrogen) atoms. The molecule has 82 valence electrons. The van der Waals surface area contributed by atoms with Gasteiger partial charge in [-0.3, -0.25) is 4.98 Å². The van der Waals surface area contributed by atoms with Gasteiger partial charge in [0.25, 0.3) is 0 Å². The van der Waals surface area contributed by atoms with Gasteiger partial charge in [-0.25, -0.2) is 4.98 Å². The molecule has 0 aliphatic heterocycles. The van der Waals surface area contributed by atoms with Gasteiger partial charge in [-0.05, 0) is 25.7 Å². The van der Waals surface area contributed by atoms with Gasteiger partial charge in [0.05, 0.1) is 11.9 Å². The van der Waals surface area contributed by atoms with Crippen molar-refractivity contribution < 1.29 is 0 Å². The Morgan fingerprint density at radius 1 is 1.19 bits per heavy atom. The van der Waals surface area contributed by atoms with Crippen LogP contribution in [0.15, 0.2) is 18.6 Å². The van der Waals surface area contributed by atoms with Crippen LogP contribution in [0.2, 0.25) is 0 Å². The molecule has 3 rings (SSSR count). The number of hydrogen-bond acceptors (Lipinski definition) is 4. The van der Waals surface area contributed by atoms with E-state index in [0.29, 0.717) is 5.82 Å². The predicted molar refractivity (Wildman–Crippen MR) is 60.2 cm³/mol. The first kappa shape index (κ1) is 9.33. The van der Waals surface area contributed by atoms with Crippen molar-refractivity contribution in [1.29, 1.82) is 0 Å². The molecule has 0 radical (unpaired) electrons. The summed E-state index contributed by atoms with van der Waals surface area (Å²) in [6.07, 6.45) is 9.41. The minimum atomic E-state index is 0.689. The zero-order valence-electron chi connectivity index (χ0n) is 8.93. The Morgan fingerprint density at radius 3 is 2.81 bits per heavy atom. The van der Waals surface area contributed by atoms with Crippen LogP contribution in [-0.2, 0) is 12.8 Å². The van der Waals surface area contributed by atoms with Crippen molar-refractivity contribution in [3.05, 3.63) is 29.8 Å². The lowest BCUT2D eigenvalue weighted by Gasteiger charge is -2.08. The van der Waals surface area contributed by atoms with Crippen molar-refractivity contribution in [2.24, 2.45) is 0 Å². The highest BCUT2D eigenvalue weighted by Crippen LogP contribution is 2.26. The van der Waals surface area contributed by atoms with Crippen molar-refractivity contribution in [3.8, 4) is 5.82 Å². The predicted octanol–water partition coefficient (Wildman–Crippen LogP) is 1.12. The molecule has 2 aromatic rings. The molecule has 0 aromatic carbocycles. The first-order chi connectivity index (χ1) is 7.86. The molecule has 0 atom stereocenters. The molecule has 0 saturated carbocycles. The van der Waals surface area contributed by atoms with E-state index >= 15 is 0 Å². The lowest BCUT2D eigenvalue weighted by Crippen LogP contribution is -2.05. The van der Waals surface area contributed by atoms with Crippen LogP contribution in [0, 0.1) is 0 Å². The van der Waals surface area contributed by atoms with Crippen molar-refractivity contribution >= 4 is 5.82 Å². The summed E-state index contributed by atoms with van der Waals surface area (Å²) < 4.78 is 1.70. The molecule has 0 amide bonds. The summed E-state index contributed by atoms with van der Waals surface area (Å²) in [4.78, 5) is 8.24. The quantitative estimate of drug-likeness (QED) is 0.774. The Morgan fingerprint density at radius 2 is 2.06 bits per heavy atom. The average Bonchev–Trinajstić information content (AvgIpc) is 2.69. The van der Waals surface area contributed by atoms with E-state index in [1.807, 2.05) is 0 Å². The molecular formula is C11H13N5. The van der Waals surface area contributed by atoms with E-state index in [9.17, 15) is 0 Å². The molecule has 1 aliphatic carbocycles. The van der Waals surface area contributed by atoms with E-state index in [1.54, 1.807) is 23.3 Å². The summed E-state index contributed by atoms with van der Waals surface area (Å²) in [5.41, 5.74) is 8.40. The standard InChI is InChI=1S/C11H13N5/c12-11-8-3-1-2-4-9(8)15-16(11)10-7-13-5-6-14-10/h5-7H,1-4,12H2. The van der Waals surface area contributed by atoms with Crippen LogP contribution in [0.3, 0.4) is 0 Å². The Labute approximate surface area is 93.3 Å². The Kier molecular flexibility index (Phi) is 2.09. The van der Waals surface area contributed by atoms with E-state index in [0.717, 1.165) is 24.4 Å². The molecule has 5 heteroatoms. The van der Waals surface area contributed by atoms with E-state index < -0.39 is 0 Å². The maximum Gasteiger partial charge on any atom is 0.174 e. The third kappa shape index (κ3) is 1.36. The third-order valence-electron chi connectivity index (χ3n) is 2.96. The van der Waals surface area contributed by atoms with Gasteiger partial charge in [0, 0.05) is 18.0 Å². The molecule has 0 unspecified atom stereocenters. The molecule has 2 N–H and O–H groups in total. The summed E-state index contributed by atoms with van der Waals surface area (Å²) in [5, 5.41) is 4.51. The molecule has 2 heterocycles. The highest BCUT2D eigenvalue weighted by Gasteiger charge is 2.19. The fourth-order valence-electron chi connectivity index (χ4n) is 2.15. The number of nitrogens with two attached hydrogens (primary N) is 1. The summed E-state index contributed by atoms with van der Waals surface area (Å²) in [7, 11) is 0. The zero-order chi connectivity index (χ0) is 11.0. The van der Waals surface area contributed by atoms with Gasteiger partial charge in [0.2, 0.25) is 0 Å². The number of nitrogen functional groups attached to an aromatic ring is 1. The van der Waals surface area contributed by atoms with Crippen molar-refractivity contribution in [2.45, 2.75) is 25.7 Å². The Bertz CT molecular complexity index is 503. The monoisotopic (exact) mass is 215 g/mol. The number of anilines is 1. The highest BCUT2D eigenvalue weighted by atomic mass is 15.3. The molecule has 5 nitrogen and oxygen atoms in total. The van der Waals surface area contributed by atoms with Crippen molar-refractivity contribution in [3.63, 3.8) is 0 Å². The first-order valence-corrected chi connectivity index (χ1v) is 5.49. The molecule has 1 aliphatic rings. The number of hydrogen-bond donors (Lipinski definition) is 1. The van der Waals surface area contributed by atoms with Crippen LogP contribution in [-0.4, -0.2) is 19.7 Å². The van der Waals surface area contributed by atoms with Crippen LogP contribution in [0.1, 0.15) is 24.1 Å². The fourth-order valence-corrected chi connectivity index (χ4v) is 2.15. The molecule has 0 bridgehead atoms. The van der Waals surface area contributed by atoms with E-state index in [4.69, 9.17) is 5.73 Å². The maximum atomic E-state index is 6.09. The van der Waals surface area contributed by atoms with Crippen LogP contribution in [0.4, 0.5) is 5.82 Å². The first-order valence-electron chi connectivity index (χ1n) is 5.49. The zero-order valence-corrected chi connectivity index (χ0v) is 8.93. The van der Waals surface area contributed by atoms with Crippen LogP contribution < -0.4 is 5.73 Å². The fraction of sp³-hybridized carbons (Fsp3) is 0.364. The van der Waals surface area contributed by atoms with Crippen LogP contribution in [0.5, 0.6) is 0 Å². The third-order valence-corrected chi connectivity index (χ3v) is 2.96. The highest BCUT2D eigenvalue weighted by molar-refractivity contribution is 5.48. The molecule has 2 aromatic heterocycles. The molecule has 0 spiro atoms. The smallest absolute Gasteiger partial charge is 0.174 e. The van der Waals surface area contributed by atoms with Gasteiger partial charge in [0.1, 0.15) is 5.82 Å². The van der Waals surface area contributed by atoms with Gasteiger partial charge >= 0.3 is 0 Å². The molecule has 0 saturated heterocycles. The van der Waals surface area contributed by atoms with Gasteiger partial charge < -0.3 is 5.73 Å². The Balaban J connectivity index is 2.12. The SMILES string of the molecule is Nc1c2c(nn1-c1cnccn1)CCCC2. The second-order valence-electron chi connectivity index (χ2n) is 3.99. The topological polar surface area (TPSA) is 69.6 Å².